The molecule has 5 heteroatoms. The van der Waals surface area contributed by atoms with Crippen molar-refractivity contribution in [1.82, 2.24) is 9.80 Å². The number of halogens is 1. The Kier molecular flexibility index (Phi) is 5.88. The van der Waals surface area contributed by atoms with Crippen molar-refractivity contribution in [2.75, 3.05) is 20.6 Å². The summed E-state index contributed by atoms with van der Waals surface area (Å²) in [7, 11) is 4.06. The monoisotopic (exact) mass is 365 g/mol. The first kappa shape index (κ1) is 19.1. The van der Waals surface area contributed by atoms with Crippen molar-refractivity contribution in [3.8, 4) is 6.07 Å². The zero-order valence-corrected chi connectivity index (χ0v) is 15.8. The van der Waals surface area contributed by atoms with Crippen LogP contribution in [-0.2, 0) is 6.54 Å². The highest BCUT2D eigenvalue weighted by molar-refractivity contribution is 5.95. The molecule has 27 heavy (non-hydrogen) atoms. The summed E-state index contributed by atoms with van der Waals surface area (Å²) in [5, 5.41) is 9.05. The molecule has 1 amide bonds. The van der Waals surface area contributed by atoms with Crippen molar-refractivity contribution in [3.05, 3.63) is 70.5 Å². The lowest BCUT2D eigenvalue weighted by Gasteiger charge is -2.36. The van der Waals surface area contributed by atoms with Crippen LogP contribution in [0.3, 0.4) is 0 Å². The first-order valence-electron chi connectivity index (χ1n) is 9.23. The van der Waals surface area contributed by atoms with Crippen LogP contribution >= 0.6 is 0 Å². The Hall–Kier alpha value is -2.71. The van der Waals surface area contributed by atoms with E-state index in [0.29, 0.717) is 6.54 Å². The Morgan fingerprint density at radius 2 is 1.96 bits per heavy atom. The number of rotatable bonds is 4. The Labute approximate surface area is 159 Å². The molecular formula is C22H24FN3O. The summed E-state index contributed by atoms with van der Waals surface area (Å²) in [6.45, 7) is 1.51. The molecule has 0 radical (unpaired) electrons. The minimum Gasteiger partial charge on any atom is -0.332 e. The van der Waals surface area contributed by atoms with E-state index in [1.54, 1.807) is 0 Å². The van der Waals surface area contributed by atoms with E-state index in [4.69, 9.17) is 5.26 Å². The van der Waals surface area contributed by atoms with Crippen LogP contribution in [0.15, 0.2) is 42.5 Å². The van der Waals surface area contributed by atoms with Crippen molar-refractivity contribution >= 4 is 5.91 Å². The van der Waals surface area contributed by atoms with Gasteiger partial charge in [-0.2, -0.15) is 5.26 Å². The average Bonchev–Trinajstić information content (AvgIpc) is 2.67. The standard InChI is InChI=1S/C22H24FN3O/c1-25(2)15-16-6-8-18(9-7-16)21-5-3-4-10-26(21)22(27)19-11-17(14-24)12-20(23)13-19/h6-9,11-13,21H,3-5,10,15H2,1-2H3/t21-/m0/s1. The van der Waals surface area contributed by atoms with Gasteiger partial charge in [-0.05, 0) is 62.7 Å². The normalized spacial score (nSPS) is 17.0. The maximum Gasteiger partial charge on any atom is 0.254 e. The number of nitriles is 1. The third-order valence-corrected chi connectivity index (χ3v) is 4.90. The van der Waals surface area contributed by atoms with Gasteiger partial charge in [0.1, 0.15) is 5.82 Å². The summed E-state index contributed by atoms with van der Waals surface area (Å²) in [5.74, 6) is -0.771. The second kappa shape index (κ2) is 8.32. The van der Waals surface area contributed by atoms with Crippen molar-refractivity contribution in [2.24, 2.45) is 0 Å². The number of hydrogen-bond acceptors (Lipinski definition) is 3. The molecule has 1 aliphatic heterocycles. The minimum atomic E-state index is -0.556. The molecule has 3 rings (SSSR count). The zero-order chi connectivity index (χ0) is 19.4. The number of carbonyl (C=O) groups excluding carboxylic acids is 1. The van der Waals surface area contributed by atoms with E-state index in [0.717, 1.165) is 37.4 Å². The van der Waals surface area contributed by atoms with Gasteiger partial charge in [0.15, 0.2) is 0 Å². The predicted octanol–water partition coefficient (Wildman–Crippen LogP) is 4.13. The quantitative estimate of drug-likeness (QED) is 0.819. The van der Waals surface area contributed by atoms with E-state index in [1.165, 1.54) is 17.7 Å². The molecule has 0 saturated carbocycles. The fourth-order valence-corrected chi connectivity index (χ4v) is 3.68. The highest BCUT2D eigenvalue weighted by Gasteiger charge is 2.29. The van der Waals surface area contributed by atoms with E-state index >= 15 is 0 Å². The molecule has 1 atom stereocenters. The second-order valence-electron chi connectivity index (χ2n) is 7.33. The SMILES string of the molecule is CN(C)Cc1ccc([C@@H]2CCCCN2C(=O)c2cc(F)cc(C#N)c2)cc1. The highest BCUT2D eigenvalue weighted by atomic mass is 19.1. The Morgan fingerprint density at radius 3 is 2.63 bits per heavy atom. The lowest BCUT2D eigenvalue weighted by atomic mass is 9.93. The van der Waals surface area contributed by atoms with Crippen LogP contribution < -0.4 is 0 Å². The van der Waals surface area contributed by atoms with Crippen LogP contribution in [0.5, 0.6) is 0 Å². The molecule has 4 nitrogen and oxygen atoms in total. The summed E-state index contributed by atoms with van der Waals surface area (Å²) in [5.41, 5.74) is 2.73. The molecular weight excluding hydrogens is 341 g/mol. The van der Waals surface area contributed by atoms with Gasteiger partial charge >= 0.3 is 0 Å². The molecule has 2 aromatic carbocycles. The molecule has 1 heterocycles. The fourth-order valence-electron chi connectivity index (χ4n) is 3.68. The van der Waals surface area contributed by atoms with Crippen molar-refractivity contribution in [2.45, 2.75) is 31.8 Å². The molecule has 0 aromatic heterocycles. The van der Waals surface area contributed by atoms with Crippen LogP contribution in [0.2, 0.25) is 0 Å². The molecule has 140 valence electrons. The van der Waals surface area contributed by atoms with Gasteiger partial charge in [0, 0.05) is 18.7 Å². The van der Waals surface area contributed by atoms with E-state index in [9.17, 15) is 9.18 Å². The number of nitrogens with zero attached hydrogens (tertiary/aromatic N) is 3. The summed E-state index contributed by atoms with van der Waals surface area (Å²) >= 11 is 0. The van der Waals surface area contributed by atoms with E-state index < -0.39 is 5.82 Å². The summed E-state index contributed by atoms with van der Waals surface area (Å²) in [6.07, 6.45) is 2.88. The summed E-state index contributed by atoms with van der Waals surface area (Å²) in [6, 6.07) is 14.1. The van der Waals surface area contributed by atoms with Crippen LogP contribution in [0.4, 0.5) is 4.39 Å². The number of amides is 1. The predicted molar refractivity (Wildman–Crippen MR) is 103 cm³/mol. The van der Waals surface area contributed by atoms with Crippen molar-refractivity contribution in [1.29, 1.82) is 5.26 Å². The fraction of sp³-hybridized carbons (Fsp3) is 0.364. The third-order valence-electron chi connectivity index (χ3n) is 4.90. The maximum absolute atomic E-state index is 13.8. The molecule has 0 unspecified atom stereocenters. The second-order valence-corrected chi connectivity index (χ2v) is 7.33. The van der Waals surface area contributed by atoms with Crippen LogP contribution in [0.1, 0.15) is 52.4 Å². The smallest absolute Gasteiger partial charge is 0.254 e. The lowest BCUT2D eigenvalue weighted by Crippen LogP contribution is -2.38. The molecule has 1 fully saturated rings. The van der Waals surface area contributed by atoms with Gasteiger partial charge in [-0.25, -0.2) is 4.39 Å². The maximum atomic E-state index is 13.8. The van der Waals surface area contributed by atoms with Crippen LogP contribution in [0, 0.1) is 17.1 Å². The van der Waals surface area contributed by atoms with Gasteiger partial charge in [0.05, 0.1) is 17.7 Å². The average molecular weight is 365 g/mol. The van der Waals surface area contributed by atoms with Crippen molar-refractivity contribution < 1.29 is 9.18 Å². The zero-order valence-electron chi connectivity index (χ0n) is 15.8. The van der Waals surface area contributed by atoms with Gasteiger partial charge in [-0.1, -0.05) is 24.3 Å². The molecule has 0 spiro atoms. The Balaban J connectivity index is 1.86. The van der Waals surface area contributed by atoms with Gasteiger partial charge in [0.25, 0.3) is 5.91 Å². The van der Waals surface area contributed by atoms with Crippen molar-refractivity contribution in [3.63, 3.8) is 0 Å². The highest BCUT2D eigenvalue weighted by Crippen LogP contribution is 2.32. The number of benzene rings is 2. The molecule has 0 N–H and O–H groups in total. The summed E-state index contributed by atoms with van der Waals surface area (Å²) in [4.78, 5) is 17.0. The molecule has 1 saturated heterocycles. The largest absolute Gasteiger partial charge is 0.332 e. The Morgan fingerprint density at radius 1 is 1.22 bits per heavy atom. The minimum absolute atomic E-state index is 0.0199. The Bertz CT molecular complexity index is 855. The molecule has 0 aliphatic carbocycles. The van der Waals surface area contributed by atoms with Gasteiger partial charge in [-0.3, -0.25) is 4.79 Å². The number of hydrogen-bond donors (Lipinski definition) is 0. The van der Waals surface area contributed by atoms with E-state index in [1.807, 2.05) is 25.1 Å². The van der Waals surface area contributed by atoms with Gasteiger partial charge in [-0.15, -0.1) is 0 Å². The molecule has 0 bridgehead atoms. The van der Waals surface area contributed by atoms with Crippen LogP contribution in [-0.4, -0.2) is 36.3 Å². The van der Waals surface area contributed by atoms with Gasteiger partial charge < -0.3 is 9.80 Å². The van der Waals surface area contributed by atoms with Crippen LogP contribution in [0.25, 0.3) is 0 Å². The number of carbonyl (C=O) groups is 1. The molecule has 2 aromatic rings. The number of likely N-dealkylation sites (tertiary alicyclic amines) is 1. The third kappa shape index (κ3) is 4.53. The topological polar surface area (TPSA) is 47.3 Å². The first-order valence-corrected chi connectivity index (χ1v) is 9.23. The lowest BCUT2D eigenvalue weighted by molar-refractivity contribution is 0.0611. The number of piperidine rings is 1. The van der Waals surface area contributed by atoms with E-state index in [2.05, 4.69) is 29.2 Å². The first-order chi connectivity index (χ1) is 13.0. The van der Waals surface area contributed by atoms with E-state index in [-0.39, 0.29) is 23.1 Å². The summed E-state index contributed by atoms with van der Waals surface area (Å²) < 4.78 is 13.8. The molecule has 1 aliphatic rings. The van der Waals surface area contributed by atoms with Gasteiger partial charge in [0.2, 0.25) is 0 Å².